The molecule has 204 valence electrons. The molecule has 3 amide bonds. The molecule has 0 aliphatic rings. The van der Waals surface area contributed by atoms with Crippen molar-refractivity contribution in [2.45, 2.75) is 73.0 Å². The zero-order valence-corrected chi connectivity index (χ0v) is 23.6. The first-order chi connectivity index (χ1) is 17.5. The van der Waals surface area contributed by atoms with E-state index >= 15 is 0 Å². The van der Waals surface area contributed by atoms with Crippen molar-refractivity contribution in [3.8, 4) is 0 Å². The lowest BCUT2D eigenvalue weighted by Crippen LogP contribution is -2.21. The Morgan fingerprint density at radius 2 is 1.00 bits per heavy atom. The molecule has 0 aliphatic heterocycles. The molecule has 3 N–H and O–H groups in total. The topological polar surface area (TPSA) is 141 Å². The predicted octanol–water partition coefficient (Wildman–Crippen LogP) is 3.30. The van der Waals surface area contributed by atoms with Gasteiger partial charge in [0, 0.05) is 31.1 Å². The van der Waals surface area contributed by atoms with Gasteiger partial charge >= 0.3 is 0 Å². The minimum atomic E-state index is -0.129. The number of unbranched alkanes of at least 4 members (excludes halogenated alkanes) is 3. The molecule has 0 saturated carbocycles. The molecule has 36 heavy (non-hydrogen) atoms. The Bertz CT molecular complexity index is 678. The third-order valence-electron chi connectivity index (χ3n) is 4.43. The Morgan fingerprint density at radius 1 is 0.639 bits per heavy atom. The highest BCUT2D eigenvalue weighted by atomic mass is 32.2. The van der Waals surface area contributed by atoms with Crippen LogP contribution in [0.25, 0.3) is 0 Å². The number of rotatable bonds is 21. The molecule has 0 aromatic carbocycles. The van der Waals surface area contributed by atoms with Crippen LogP contribution >= 0.6 is 35.3 Å². The van der Waals surface area contributed by atoms with E-state index < -0.39 is 0 Å². The number of carbonyl (C=O) groups is 3. The van der Waals surface area contributed by atoms with Crippen molar-refractivity contribution in [3.63, 3.8) is 0 Å². The Labute approximate surface area is 225 Å². The molecule has 1 heterocycles. The summed E-state index contributed by atoms with van der Waals surface area (Å²) in [6.07, 6.45) is 6.16. The van der Waals surface area contributed by atoms with Gasteiger partial charge in [0.25, 0.3) is 0 Å². The van der Waals surface area contributed by atoms with Gasteiger partial charge in [-0.2, -0.15) is 0 Å². The van der Waals surface area contributed by atoms with Crippen LogP contribution in [0.4, 0.5) is 0 Å². The molecule has 0 unspecified atom stereocenters. The second-order valence-electron chi connectivity index (χ2n) is 7.43. The number of amides is 3. The average molecular weight is 564 g/mol. The highest BCUT2D eigenvalue weighted by Gasteiger charge is 2.09. The van der Waals surface area contributed by atoms with Crippen LogP contribution in [0, 0.1) is 0 Å². The number of hydrogen-bond donors (Lipinski definition) is 3. The van der Waals surface area contributed by atoms with Gasteiger partial charge < -0.3 is 0 Å². The molecule has 0 fully saturated rings. The Hall–Kier alpha value is -1.58. The van der Waals surface area contributed by atoms with Gasteiger partial charge in [0.1, 0.15) is 10.1 Å². The van der Waals surface area contributed by atoms with Crippen molar-refractivity contribution in [1.29, 1.82) is 0 Å². The fraction of sp³-hybridized carbons (Fsp3) is 0.682. The van der Waals surface area contributed by atoms with E-state index in [1.165, 1.54) is 21.3 Å². The van der Waals surface area contributed by atoms with Crippen molar-refractivity contribution in [3.05, 3.63) is 6.07 Å². The van der Waals surface area contributed by atoms with Crippen molar-refractivity contribution >= 4 is 53.0 Å². The highest BCUT2D eigenvalue weighted by Crippen LogP contribution is 2.27. The first-order valence-electron chi connectivity index (χ1n) is 11.7. The van der Waals surface area contributed by atoms with E-state index in [2.05, 4.69) is 40.9 Å². The summed E-state index contributed by atoms with van der Waals surface area (Å²) in [6, 6.07) is 1.99. The lowest BCUT2D eigenvalue weighted by molar-refractivity contribution is -0.132. The molecule has 0 aliphatic carbocycles. The molecular weight excluding hydrogens is 526 g/mol. The summed E-state index contributed by atoms with van der Waals surface area (Å²) in [4.78, 5) is 57.6. The van der Waals surface area contributed by atoms with Gasteiger partial charge in [0.15, 0.2) is 5.16 Å². The van der Waals surface area contributed by atoms with E-state index in [4.69, 9.17) is 0 Å². The summed E-state index contributed by atoms with van der Waals surface area (Å²) in [6.45, 7) is 0. The predicted molar refractivity (Wildman–Crippen MR) is 141 cm³/mol. The SMILES string of the molecule is CONC(=O)CCCCSc1cc(SCCCCC(=O)NOC)nc(SCCCCC(=O)NOC)n1. The molecule has 11 nitrogen and oxygen atoms in total. The molecule has 0 atom stereocenters. The Balaban J connectivity index is 2.54. The van der Waals surface area contributed by atoms with Crippen molar-refractivity contribution in [2.75, 3.05) is 38.6 Å². The zero-order chi connectivity index (χ0) is 26.4. The van der Waals surface area contributed by atoms with Gasteiger partial charge in [0.2, 0.25) is 17.7 Å². The fourth-order valence-electron chi connectivity index (χ4n) is 2.77. The zero-order valence-electron chi connectivity index (χ0n) is 21.1. The molecule has 1 aromatic heterocycles. The highest BCUT2D eigenvalue weighted by molar-refractivity contribution is 8.00. The number of hydroxylamine groups is 3. The van der Waals surface area contributed by atoms with Crippen LogP contribution < -0.4 is 16.4 Å². The third kappa shape index (κ3) is 17.0. The second kappa shape index (κ2) is 21.5. The van der Waals surface area contributed by atoms with Crippen molar-refractivity contribution in [1.82, 2.24) is 26.4 Å². The lowest BCUT2D eigenvalue weighted by Gasteiger charge is -2.08. The molecule has 1 rings (SSSR count). The van der Waals surface area contributed by atoms with E-state index in [1.807, 2.05) is 6.07 Å². The number of thioether (sulfide) groups is 3. The van der Waals surface area contributed by atoms with E-state index in [0.717, 1.165) is 65.8 Å². The van der Waals surface area contributed by atoms with Crippen LogP contribution in [0.2, 0.25) is 0 Å². The maximum absolute atomic E-state index is 11.5. The van der Waals surface area contributed by atoms with Crippen molar-refractivity contribution < 1.29 is 28.9 Å². The van der Waals surface area contributed by atoms with Crippen LogP contribution in [-0.4, -0.2) is 66.3 Å². The minimum absolute atomic E-state index is 0.124. The van der Waals surface area contributed by atoms with E-state index in [1.54, 1.807) is 35.3 Å². The Morgan fingerprint density at radius 3 is 1.36 bits per heavy atom. The lowest BCUT2D eigenvalue weighted by atomic mass is 10.2. The largest absolute Gasteiger partial charge is 0.277 e. The van der Waals surface area contributed by atoms with Gasteiger partial charge in [-0.15, -0.1) is 23.5 Å². The molecule has 0 saturated heterocycles. The van der Waals surface area contributed by atoms with E-state index in [-0.39, 0.29) is 17.7 Å². The smallest absolute Gasteiger partial charge is 0.243 e. The van der Waals surface area contributed by atoms with E-state index in [9.17, 15) is 14.4 Å². The molecule has 1 aromatic rings. The van der Waals surface area contributed by atoms with Crippen LogP contribution in [0.3, 0.4) is 0 Å². The van der Waals surface area contributed by atoms with Crippen molar-refractivity contribution in [2.24, 2.45) is 0 Å². The molecule has 0 radical (unpaired) electrons. The summed E-state index contributed by atoms with van der Waals surface area (Å²) in [5.74, 6) is 2.11. The van der Waals surface area contributed by atoms with Crippen LogP contribution in [0.1, 0.15) is 57.8 Å². The normalized spacial score (nSPS) is 10.8. The molecule has 14 heteroatoms. The monoisotopic (exact) mass is 563 g/mol. The van der Waals surface area contributed by atoms with Gasteiger partial charge in [0.05, 0.1) is 21.3 Å². The summed E-state index contributed by atoms with van der Waals surface area (Å²) in [5.41, 5.74) is 6.96. The summed E-state index contributed by atoms with van der Waals surface area (Å²) < 4.78 is 0. The summed E-state index contributed by atoms with van der Waals surface area (Å²) in [7, 11) is 4.26. The third-order valence-corrected chi connectivity index (χ3v) is 7.36. The average Bonchev–Trinajstić information content (AvgIpc) is 2.84. The van der Waals surface area contributed by atoms with Gasteiger partial charge in [-0.25, -0.2) is 26.4 Å². The molecule has 0 spiro atoms. The maximum Gasteiger partial charge on any atom is 0.243 e. The molecular formula is C22H37N5O6S3. The number of nitrogens with one attached hydrogen (secondary N) is 3. The van der Waals surface area contributed by atoms with E-state index in [0.29, 0.717) is 24.4 Å². The van der Waals surface area contributed by atoms with Gasteiger partial charge in [-0.1, -0.05) is 11.8 Å². The second-order valence-corrected chi connectivity index (χ2v) is 10.7. The standard InChI is InChI=1S/C22H37N5O6S3/c1-31-25-17(28)10-4-7-13-34-20-16-21(35-14-8-5-11-18(29)26-32-2)24-22(23-20)36-15-9-6-12-19(30)27-33-3/h16H,4-15H2,1-3H3,(H,25,28)(H,26,29)(H,27,30). The number of aromatic nitrogens is 2. The van der Waals surface area contributed by atoms with Gasteiger partial charge in [-0.3, -0.25) is 28.9 Å². The number of hydrogen-bond acceptors (Lipinski definition) is 11. The fourth-order valence-corrected chi connectivity index (χ4v) is 5.62. The maximum atomic E-state index is 11.5. The van der Waals surface area contributed by atoms with Gasteiger partial charge in [-0.05, 0) is 50.0 Å². The van der Waals surface area contributed by atoms with Crippen LogP contribution in [-0.2, 0) is 28.9 Å². The minimum Gasteiger partial charge on any atom is -0.277 e. The Kier molecular flexibility index (Phi) is 19.4. The van der Waals surface area contributed by atoms with Crippen LogP contribution in [0.5, 0.6) is 0 Å². The number of carbonyl (C=O) groups excluding carboxylic acids is 3. The first kappa shape index (κ1) is 32.4. The summed E-state index contributed by atoms with van der Waals surface area (Å²) in [5, 5.41) is 2.51. The summed E-state index contributed by atoms with van der Waals surface area (Å²) >= 11 is 4.87. The molecule has 0 bridgehead atoms. The quantitative estimate of drug-likeness (QED) is 0.0667. The number of nitrogens with zero attached hydrogens (tertiary/aromatic N) is 2. The first-order valence-corrected chi connectivity index (χ1v) is 14.7. The van der Waals surface area contributed by atoms with Crippen LogP contribution in [0.15, 0.2) is 21.3 Å².